The van der Waals surface area contributed by atoms with Crippen molar-refractivity contribution in [3.05, 3.63) is 0 Å². The minimum Gasteiger partial charge on any atom is -0.394 e. The lowest BCUT2D eigenvalue weighted by molar-refractivity contribution is -0.391. The second-order valence-electron chi connectivity index (χ2n) is 32.9. The van der Waals surface area contributed by atoms with Crippen molar-refractivity contribution in [1.29, 1.82) is 0 Å². The maximum Gasteiger partial charge on any atom is 0.217 e. The predicted octanol–water partition coefficient (Wildman–Crippen LogP) is -24.9. The molecule has 36 N–H and O–H groups in total. The summed E-state index contributed by atoms with van der Waals surface area (Å²) in [5, 5.41) is 371. The van der Waals surface area contributed by atoms with Gasteiger partial charge in [-0.15, -0.1) is 0 Å². The summed E-state index contributed by atoms with van der Waals surface area (Å²) in [4.78, 5) is 38.9. The highest BCUT2D eigenvalue weighted by Gasteiger charge is 2.62. The van der Waals surface area contributed by atoms with Gasteiger partial charge in [0.25, 0.3) is 0 Å². The van der Waals surface area contributed by atoms with Crippen molar-refractivity contribution >= 4 is 17.7 Å². The van der Waals surface area contributed by atoms with Crippen LogP contribution < -0.4 is 16.0 Å². The topological polar surface area (TPSA) is 939 Å². The van der Waals surface area contributed by atoms with E-state index in [4.69, 9.17) is 94.7 Å². The minimum atomic E-state index is -2.64. The van der Waals surface area contributed by atoms with Crippen LogP contribution in [-0.4, -0.2) is 597 Å². The summed E-state index contributed by atoms with van der Waals surface area (Å²) in [5.41, 5.74) is 0. The van der Waals surface area contributed by atoms with Gasteiger partial charge in [-0.05, 0) is 0 Å². The maximum atomic E-state index is 13.3. The highest BCUT2D eigenvalue weighted by Crippen LogP contribution is 2.41. The molecule has 59 nitrogen and oxygen atoms in total. The molecule has 10 aliphatic heterocycles. The zero-order chi connectivity index (χ0) is 96.7. The van der Waals surface area contributed by atoms with Gasteiger partial charge in [-0.3, -0.25) is 14.4 Å². The Labute approximate surface area is 740 Å². The number of carbonyl (C=O) groups excluding carboxylic acids is 3. The third kappa shape index (κ3) is 24.7. The fourth-order valence-corrected chi connectivity index (χ4v) is 16.4. The molecule has 0 spiro atoms. The van der Waals surface area contributed by atoms with E-state index in [1.54, 1.807) is 0 Å². The van der Waals surface area contributed by atoms with Gasteiger partial charge in [-0.25, -0.2) is 0 Å². The Kier molecular flexibility index (Phi) is 40.4. The molecule has 3 amide bonds. The number of hydrogen-bond donors (Lipinski definition) is 36. The number of ether oxygens (including phenoxy) is 20. The Morgan fingerprint density at radius 2 is 0.458 bits per heavy atom. The number of amides is 3. The molecule has 10 heterocycles. The van der Waals surface area contributed by atoms with E-state index in [9.17, 15) is 183 Å². The van der Waals surface area contributed by atoms with Crippen molar-refractivity contribution in [2.75, 3.05) is 79.3 Å². The minimum absolute atomic E-state index is 0.878. The third-order valence-electron chi connectivity index (χ3n) is 23.8. The van der Waals surface area contributed by atoms with Crippen molar-refractivity contribution < 1.29 is 278 Å². The maximum absolute atomic E-state index is 13.3. The molecule has 0 unspecified atom stereocenters. The van der Waals surface area contributed by atoms with Gasteiger partial charge in [0.15, 0.2) is 62.9 Å². The standard InChI is InChI=1S/C72H123N3O56/c1-16(85)73-31-42(98)57(126-66-49(105)45(101)35(91)21(6-78)115-66)25(10-82)119-63(31)113-14-29-39(95)60(129-68-51(107)47(103)37(93)23(8-80)117-68)54(110)71(123-29)128-59-27(12-84)121-65(33(44(59)100)75-18(3)87)112-13-28-41(97)62(53(109)70(122-28)125-56(20(89)5-77)34(90)19(88)4-76)131-72-55(111)61(130-69-52(108)48(104)38(94)24(9-81)118-69)40(96)30(124-72)15-114-64-32(74-17(2)86)43(99)58(26(11-83)120-64)127-67-50(106)46(102)36(92)22(7-79)116-67/h19-72,76-84,88-111H,4-15H2,1-3H3,(H,73,85)(H,74,86)(H,75,87)/t19-,20+,21+,22+,23+,24+,25+,26+,27+,28+,29+,30+,31+,32+,33+,34+,35-,36-,37-,38-,39-,40-,41-,42+,43+,44+,45-,46-,47-,48-,49+,50+,51+,52+,53+,54+,55+,56+,57+,58+,59+,60-,61-,62-,63+,64+,65+,66-,67-,68-,69-,70-,71-,72-/m0/s1. The van der Waals surface area contributed by atoms with Crippen LogP contribution in [0, 0.1) is 0 Å². The Morgan fingerprint density at radius 1 is 0.244 bits per heavy atom. The van der Waals surface area contributed by atoms with E-state index in [-0.39, 0.29) is 0 Å². The molecule has 762 valence electrons. The summed E-state index contributed by atoms with van der Waals surface area (Å²) in [5.74, 6) is -2.87. The van der Waals surface area contributed by atoms with E-state index in [2.05, 4.69) is 16.0 Å². The number of hydrogen-bond acceptors (Lipinski definition) is 56. The first-order chi connectivity index (χ1) is 62.0. The molecular formula is C72H123N3O56. The lowest BCUT2D eigenvalue weighted by atomic mass is 9.94. The first-order valence-electron chi connectivity index (χ1n) is 41.6. The summed E-state index contributed by atoms with van der Waals surface area (Å²) in [6.07, 6.45) is -110. The molecule has 0 aromatic heterocycles. The van der Waals surface area contributed by atoms with Gasteiger partial charge < -0.3 is 279 Å². The average molecular weight is 1930 g/mol. The van der Waals surface area contributed by atoms with Gasteiger partial charge in [-0.2, -0.15) is 0 Å². The van der Waals surface area contributed by atoms with Crippen LogP contribution in [-0.2, 0) is 109 Å². The molecule has 0 saturated carbocycles. The van der Waals surface area contributed by atoms with Crippen LogP contribution in [0.15, 0.2) is 0 Å². The first kappa shape index (κ1) is 109. The number of nitrogens with one attached hydrogen (secondary N) is 3. The van der Waals surface area contributed by atoms with Gasteiger partial charge in [0.1, 0.15) is 268 Å². The Balaban J connectivity index is 0.932. The number of aliphatic hydroxyl groups is 33. The number of aliphatic hydroxyl groups excluding tert-OH is 33. The highest BCUT2D eigenvalue weighted by molar-refractivity contribution is 5.74. The summed E-state index contributed by atoms with van der Waals surface area (Å²) in [7, 11) is 0. The molecule has 10 aliphatic rings. The lowest BCUT2D eigenvalue weighted by Crippen LogP contribution is -2.69. The molecule has 10 rings (SSSR count). The van der Waals surface area contributed by atoms with Crippen molar-refractivity contribution in [2.45, 2.75) is 352 Å². The van der Waals surface area contributed by atoms with Gasteiger partial charge >= 0.3 is 0 Å². The Morgan fingerprint density at radius 3 is 0.695 bits per heavy atom. The lowest BCUT2D eigenvalue weighted by Gasteiger charge is -2.50. The van der Waals surface area contributed by atoms with Crippen molar-refractivity contribution in [1.82, 2.24) is 16.0 Å². The van der Waals surface area contributed by atoms with Crippen LogP contribution in [0.5, 0.6) is 0 Å². The van der Waals surface area contributed by atoms with Crippen LogP contribution in [0.25, 0.3) is 0 Å². The van der Waals surface area contributed by atoms with Crippen LogP contribution in [0.2, 0.25) is 0 Å². The van der Waals surface area contributed by atoms with Crippen LogP contribution in [0.4, 0.5) is 0 Å². The van der Waals surface area contributed by atoms with E-state index in [0.29, 0.717) is 0 Å². The Bertz CT molecular complexity index is 3460. The Hall–Kier alpha value is -3.71. The summed E-state index contributed by atoms with van der Waals surface area (Å²) in [6.45, 7) is -10.9. The second kappa shape index (κ2) is 48.4. The largest absolute Gasteiger partial charge is 0.394 e. The molecule has 0 aromatic rings. The smallest absolute Gasteiger partial charge is 0.217 e. The average Bonchev–Trinajstić information content (AvgIpc) is 0.759. The molecule has 54 atom stereocenters. The van der Waals surface area contributed by atoms with Crippen LogP contribution in [0.1, 0.15) is 20.8 Å². The zero-order valence-electron chi connectivity index (χ0n) is 69.8. The molecule has 10 saturated heterocycles. The van der Waals surface area contributed by atoms with E-state index < -0.39 is 428 Å². The quantitative estimate of drug-likeness (QED) is 0.0273. The second-order valence-corrected chi connectivity index (χ2v) is 32.9. The summed E-state index contributed by atoms with van der Waals surface area (Å²) in [6, 6.07) is -5.72. The van der Waals surface area contributed by atoms with E-state index in [1.807, 2.05) is 0 Å². The molecule has 0 aromatic carbocycles. The van der Waals surface area contributed by atoms with Crippen LogP contribution >= 0.6 is 0 Å². The monoisotopic (exact) mass is 1930 g/mol. The number of rotatable bonds is 38. The van der Waals surface area contributed by atoms with Crippen molar-refractivity contribution in [3.8, 4) is 0 Å². The fraction of sp³-hybridized carbons (Fsp3) is 0.958. The molecule has 0 bridgehead atoms. The molecule has 131 heavy (non-hydrogen) atoms. The van der Waals surface area contributed by atoms with E-state index in [0.717, 1.165) is 20.8 Å². The summed E-state index contributed by atoms with van der Waals surface area (Å²) < 4.78 is 117. The molecule has 0 radical (unpaired) electrons. The van der Waals surface area contributed by atoms with E-state index >= 15 is 0 Å². The van der Waals surface area contributed by atoms with Crippen molar-refractivity contribution in [2.24, 2.45) is 0 Å². The highest BCUT2D eigenvalue weighted by atomic mass is 16.8. The van der Waals surface area contributed by atoms with Crippen molar-refractivity contribution in [3.63, 3.8) is 0 Å². The fourth-order valence-electron chi connectivity index (χ4n) is 16.4. The molecule has 0 aliphatic carbocycles. The molecule has 59 heteroatoms. The SMILES string of the molecule is CC(=O)N[C@H]1[C@H](OC[C@H]2O[C@@H](O[C@H]3[C@@H](O)[C@@H](CO[C@@H]4O[C@H](CO)[C@@H](O[C@@H]5O[C@H](CO[C@@H]6O[C@H](CO)[C@@H](O[C@@H]7O[C@H](CO)[C@H](O)[C@H](O)[C@H]7O)[C@H](O)[C@H]6NC(C)=O)[C@H](O)[C@H](O[C@@H]6O[C@H](CO)[C@H](O)[C@H](O)[C@H]6O)[C@H]5O)[C@H](O)[C@H]4NC(C)=O)O[C@@H](O[C@@H]([C@H](O)[C@@H](O)CO)[C@H](O)CO)[C@@H]3O)[C@H](O)[C@@H](O[C@@H]3O[C@H](CO)[C@H](O)[C@H](O)[C@H]3O)[C@H]2O)O[C@H](CO)[C@@H](O[C@@H]2O[C@H](CO)[C@H](O)[C@H](O)[C@H]2O)[C@@H]1O. The first-order valence-corrected chi connectivity index (χ1v) is 41.6. The molecule has 10 fully saturated rings. The molecular weight excluding hydrogens is 1800 g/mol. The van der Waals surface area contributed by atoms with Gasteiger partial charge in [0, 0.05) is 20.8 Å². The van der Waals surface area contributed by atoms with Gasteiger partial charge in [-0.1, -0.05) is 0 Å². The third-order valence-corrected chi connectivity index (χ3v) is 23.8. The normalized spacial score (nSPS) is 48.2. The van der Waals surface area contributed by atoms with Gasteiger partial charge in [0.05, 0.1) is 79.3 Å². The van der Waals surface area contributed by atoms with Gasteiger partial charge in [0.2, 0.25) is 17.7 Å². The zero-order valence-corrected chi connectivity index (χ0v) is 69.8. The van der Waals surface area contributed by atoms with E-state index in [1.165, 1.54) is 0 Å². The predicted molar refractivity (Wildman–Crippen MR) is 399 cm³/mol. The summed E-state index contributed by atoms with van der Waals surface area (Å²) >= 11 is 0. The van der Waals surface area contributed by atoms with Crippen LogP contribution in [0.3, 0.4) is 0 Å². The number of carbonyl (C=O) groups is 3.